The average Bonchev–Trinajstić information content (AvgIpc) is 1.38. The van der Waals surface area contributed by atoms with Crippen molar-refractivity contribution in [3.05, 3.63) is 14.9 Å². The SMILES string of the molecule is C[C](C)=[Ru][Cl].[CH3-].[CH3-]. The largest absolute Gasteiger partial charge is 0.358 e. The molecule has 0 spiro atoms. The van der Waals surface area contributed by atoms with Crippen LogP contribution in [0.2, 0.25) is 0 Å². The van der Waals surface area contributed by atoms with Gasteiger partial charge in [-0.05, 0) is 0 Å². The van der Waals surface area contributed by atoms with Crippen LogP contribution < -0.4 is 0 Å². The van der Waals surface area contributed by atoms with Crippen molar-refractivity contribution in [1.29, 1.82) is 0 Å². The Morgan fingerprint density at radius 2 is 1.43 bits per heavy atom. The maximum absolute atomic E-state index is 5.39. The summed E-state index contributed by atoms with van der Waals surface area (Å²) in [5.74, 6) is 0. The molecular formula is C5H12ClRu-2. The van der Waals surface area contributed by atoms with Gasteiger partial charge in [0.2, 0.25) is 0 Å². The molecule has 0 aliphatic rings. The van der Waals surface area contributed by atoms with Crippen molar-refractivity contribution in [1.82, 2.24) is 0 Å². The summed E-state index contributed by atoms with van der Waals surface area (Å²) in [7, 11) is 5.39. The van der Waals surface area contributed by atoms with Gasteiger partial charge in [0.25, 0.3) is 0 Å². The van der Waals surface area contributed by atoms with Crippen LogP contribution in [0.15, 0.2) is 0 Å². The molecule has 0 aliphatic heterocycles. The first kappa shape index (κ1) is 15.7. The number of halogens is 1. The summed E-state index contributed by atoms with van der Waals surface area (Å²) in [6.07, 6.45) is 0. The minimum atomic E-state index is 0. The van der Waals surface area contributed by atoms with Crippen LogP contribution in [-0.4, -0.2) is 4.11 Å². The van der Waals surface area contributed by atoms with E-state index in [-0.39, 0.29) is 30.5 Å². The van der Waals surface area contributed by atoms with Crippen LogP contribution in [-0.2, 0) is 15.7 Å². The predicted molar refractivity (Wildman–Crippen MR) is 35.0 cm³/mol. The molecule has 0 atom stereocenters. The van der Waals surface area contributed by atoms with Gasteiger partial charge >= 0.3 is 43.3 Å². The second kappa shape index (κ2) is 9.92. The number of hydrogen-bond donors (Lipinski definition) is 0. The predicted octanol–water partition coefficient (Wildman–Crippen LogP) is 2.34. The van der Waals surface area contributed by atoms with Crippen LogP contribution in [0, 0.1) is 14.9 Å². The second-order valence-electron chi connectivity index (χ2n) is 0.920. The van der Waals surface area contributed by atoms with Gasteiger partial charge in [-0.25, -0.2) is 0 Å². The molecule has 0 rings (SSSR count). The van der Waals surface area contributed by atoms with Crippen molar-refractivity contribution in [2.45, 2.75) is 13.8 Å². The molecule has 0 amide bonds. The van der Waals surface area contributed by atoms with E-state index in [1.807, 2.05) is 13.8 Å². The fourth-order valence-electron chi connectivity index (χ4n) is 0. The molecule has 0 N–H and O–H groups in total. The van der Waals surface area contributed by atoms with E-state index in [4.69, 9.17) is 9.69 Å². The van der Waals surface area contributed by atoms with Gasteiger partial charge in [-0.15, -0.1) is 0 Å². The molecule has 7 heavy (non-hydrogen) atoms. The normalized spacial score (nSPS) is 5.57. The fraction of sp³-hybridized carbons (Fsp3) is 0.400. The summed E-state index contributed by atoms with van der Waals surface area (Å²) in [5, 5.41) is 0. The molecule has 0 saturated carbocycles. The van der Waals surface area contributed by atoms with E-state index in [2.05, 4.69) is 0 Å². The average molecular weight is 209 g/mol. The molecule has 0 aliphatic carbocycles. The van der Waals surface area contributed by atoms with Crippen LogP contribution in [0.5, 0.6) is 0 Å². The molecule has 0 aromatic heterocycles. The minimum absolute atomic E-state index is 0. The van der Waals surface area contributed by atoms with E-state index in [1.165, 1.54) is 4.11 Å². The smallest absolute Gasteiger partial charge is 0.358 e. The molecule has 0 fully saturated rings. The van der Waals surface area contributed by atoms with Crippen LogP contribution in [0.4, 0.5) is 0 Å². The van der Waals surface area contributed by atoms with Crippen molar-refractivity contribution in [3.8, 4) is 0 Å². The molecule has 0 aromatic rings. The first-order valence-corrected chi connectivity index (χ1v) is 4.42. The molecular weight excluding hydrogens is 197 g/mol. The van der Waals surface area contributed by atoms with Gasteiger partial charge in [0.05, 0.1) is 0 Å². The first-order valence-electron chi connectivity index (χ1n) is 1.31. The molecule has 2 heteroatoms. The van der Waals surface area contributed by atoms with Crippen LogP contribution >= 0.6 is 9.69 Å². The van der Waals surface area contributed by atoms with Crippen molar-refractivity contribution in [3.63, 3.8) is 0 Å². The van der Waals surface area contributed by atoms with Gasteiger partial charge in [-0.3, -0.25) is 0 Å². The standard InChI is InChI=1S/C3H6.2CH3.ClH.Ru/c1-3-2;;;;/h1-2H3;2*1H3;1H;/q;2*-1;;+1/p-1. The van der Waals surface area contributed by atoms with Crippen molar-refractivity contribution < 1.29 is 15.7 Å². The molecule has 0 saturated heterocycles. The van der Waals surface area contributed by atoms with Crippen molar-refractivity contribution in [2.75, 3.05) is 0 Å². The summed E-state index contributed by atoms with van der Waals surface area (Å²) in [5.41, 5.74) is 0. The summed E-state index contributed by atoms with van der Waals surface area (Å²) in [6.45, 7) is 4.09. The van der Waals surface area contributed by atoms with E-state index >= 15 is 0 Å². The zero-order valence-corrected chi connectivity index (χ0v) is 7.73. The zero-order valence-electron chi connectivity index (χ0n) is 5.23. The monoisotopic (exact) mass is 209 g/mol. The molecule has 0 radical (unpaired) electrons. The third kappa shape index (κ3) is 20.0. The van der Waals surface area contributed by atoms with Crippen molar-refractivity contribution >= 4 is 13.8 Å². The van der Waals surface area contributed by atoms with E-state index in [1.54, 1.807) is 0 Å². The third-order valence-electron chi connectivity index (χ3n) is 0.134. The van der Waals surface area contributed by atoms with Gasteiger partial charge in [-0.1, -0.05) is 0 Å². The van der Waals surface area contributed by atoms with E-state index in [0.29, 0.717) is 0 Å². The summed E-state index contributed by atoms with van der Waals surface area (Å²) >= 11 is 0.0744. The Morgan fingerprint density at radius 3 is 1.43 bits per heavy atom. The van der Waals surface area contributed by atoms with Gasteiger partial charge in [0, 0.05) is 0 Å². The minimum Gasteiger partial charge on any atom is -0.358 e. The van der Waals surface area contributed by atoms with E-state index in [0.717, 1.165) is 0 Å². The Balaban J connectivity index is -0.0000000800. The molecule has 0 nitrogen and oxygen atoms in total. The van der Waals surface area contributed by atoms with Gasteiger partial charge < -0.3 is 14.9 Å². The molecule has 0 bridgehead atoms. The first-order chi connectivity index (χ1) is 2.27. The van der Waals surface area contributed by atoms with Gasteiger partial charge in [0.15, 0.2) is 0 Å². The number of rotatable bonds is 0. The summed E-state index contributed by atoms with van der Waals surface area (Å²) in [4.78, 5) is 0. The Morgan fingerprint density at radius 1 is 1.29 bits per heavy atom. The summed E-state index contributed by atoms with van der Waals surface area (Å²) in [6, 6.07) is 0. The molecule has 49 valence electrons. The van der Waals surface area contributed by atoms with Crippen LogP contribution in [0.3, 0.4) is 0 Å². The second-order valence-corrected chi connectivity index (χ2v) is 3.78. The topological polar surface area (TPSA) is 0 Å². The Bertz CT molecular complexity index is 46.0. The summed E-state index contributed by atoms with van der Waals surface area (Å²) < 4.78 is 1.36. The van der Waals surface area contributed by atoms with E-state index in [9.17, 15) is 0 Å². The quantitative estimate of drug-likeness (QED) is 0.424. The molecule has 0 heterocycles. The van der Waals surface area contributed by atoms with Crippen molar-refractivity contribution in [2.24, 2.45) is 0 Å². The van der Waals surface area contributed by atoms with Gasteiger partial charge in [-0.2, -0.15) is 0 Å². The van der Waals surface area contributed by atoms with E-state index < -0.39 is 0 Å². The van der Waals surface area contributed by atoms with Crippen LogP contribution in [0.25, 0.3) is 0 Å². The third-order valence-corrected chi connectivity index (χ3v) is 2.37. The molecule has 0 unspecified atom stereocenters. The maximum Gasteiger partial charge on any atom is -0.358 e. The van der Waals surface area contributed by atoms with Gasteiger partial charge in [0.1, 0.15) is 0 Å². The Kier molecular flexibility index (Phi) is 22.2. The Hall–Kier alpha value is 0.783. The van der Waals surface area contributed by atoms with Crippen LogP contribution in [0.1, 0.15) is 13.8 Å². The zero-order chi connectivity index (χ0) is 4.28. The Labute approximate surface area is 58.4 Å². The fourth-order valence-corrected chi connectivity index (χ4v) is 0. The number of hydrogen-bond acceptors (Lipinski definition) is 0. The maximum atomic E-state index is 5.39. The molecule has 0 aromatic carbocycles.